The maximum absolute atomic E-state index is 12.3. The minimum atomic E-state index is -3.73. The van der Waals surface area contributed by atoms with E-state index < -0.39 is 40.1 Å². The molecule has 16 aromatic rings. The standard InChI is InChI=1S/C20H18BrN5O3S.C20H18BrN5O2S.C19H16BrN5O2S.C18H14BrN5O2S/c21-17-13-22-26-19(12-18(25-20(17)26)14-4-2-1-3-5-14)24-15-6-8-16(9-7-15)30(28,29)23-10-11-27;1-25(2)29(27,28)16-10-8-15(9-11-16)23-19-12-18(14-6-4-3-5-7-14)24-20-17(21)13-22-26(19)20;1-21-28(26,27)15-9-7-14(8-10-15)23-18-11-17(13-5-3-2-4-6-13)24-19-16(20)12-22-25(18)19;19-15-11-21-24-17(22-13-6-8-14(9-7-13)27(20,25)26)10-16(23-18(15)24)12-4-2-1-3-5-12/h1-9,12-13,23-24,27H,10-11H2;3-13,23H,1-2H3;2-12,21,23H,1H3;1-11,22H,(H2,20,25,26). The van der Waals surface area contributed by atoms with Gasteiger partial charge in [0.1, 0.15) is 23.3 Å². The van der Waals surface area contributed by atoms with Crippen LogP contribution in [0, 0.1) is 0 Å². The second-order valence-corrected chi connectivity index (χ2v) is 35.5. The average Bonchev–Trinajstić information content (AvgIpc) is 1.62. The SMILES string of the molecule is CN(C)S(=O)(=O)c1ccc(Nc2cc(-c3ccccc3)nc3c(Br)cnn23)cc1.CNS(=O)(=O)c1ccc(Nc2cc(-c3ccccc3)nc3c(Br)cnn23)cc1.NS(=O)(=O)c1ccc(Nc2cc(-c3ccccc3)nc3c(Br)cnn23)cc1.O=S(=O)(NCCO)c1ccc(Nc2cc(-c3ccccc3)nc3c(Br)cnn23)cc1. The number of rotatable bonds is 21. The normalized spacial score (nSPS) is 11.7. The van der Waals surface area contributed by atoms with Gasteiger partial charge in [-0.1, -0.05) is 121 Å². The summed E-state index contributed by atoms with van der Waals surface area (Å²) in [6, 6.07) is 72.5. The number of benzene rings is 8. The van der Waals surface area contributed by atoms with E-state index in [0.29, 0.717) is 57.2 Å². The first-order chi connectivity index (χ1) is 54.7. The molecule has 16 rings (SSSR count). The highest BCUT2D eigenvalue weighted by molar-refractivity contribution is 9.11. The summed E-state index contributed by atoms with van der Waals surface area (Å²) >= 11 is 13.9. The van der Waals surface area contributed by atoms with Gasteiger partial charge in [0.15, 0.2) is 22.6 Å². The van der Waals surface area contributed by atoms with Crippen LogP contribution >= 0.6 is 63.7 Å². The maximum Gasteiger partial charge on any atom is 0.242 e. The number of nitrogens with two attached hydrogens (primary N) is 1. The molecule has 0 aliphatic carbocycles. The molecule has 0 unspecified atom stereocenters. The van der Waals surface area contributed by atoms with Crippen LogP contribution in [0.5, 0.6) is 0 Å². The molecule has 580 valence electrons. The number of hydrogen-bond donors (Lipinski definition) is 8. The van der Waals surface area contributed by atoms with Gasteiger partial charge in [-0.3, -0.25) is 0 Å². The van der Waals surface area contributed by atoms with E-state index in [1.807, 2.05) is 146 Å². The highest BCUT2D eigenvalue weighted by Crippen LogP contribution is 2.34. The number of aliphatic hydroxyl groups is 1. The molecule has 8 heterocycles. The highest BCUT2D eigenvalue weighted by atomic mass is 79.9. The predicted octanol–water partition coefficient (Wildman–Crippen LogP) is 14.7. The van der Waals surface area contributed by atoms with Gasteiger partial charge in [0.25, 0.3) is 0 Å². The Balaban J connectivity index is 0.000000133. The van der Waals surface area contributed by atoms with Gasteiger partial charge in [-0.15, -0.1) is 0 Å². The van der Waals surface area contributed by atoms with Crippen molar-refractivity contribution in [2.24, 2.45) is 5.14 Å². The third-order valence-corrected chi connectivity index (χ3v) is 24.8. The van der Waals surface area contributed by atoms with E-state index in [9.17, 15) is 33.7 Å². The Labute approximate surface area is 688 Å². The summed E-state index contributed by atoms with van der Waals surface area (Å²) in [6.45, 7) is -0.298. The smallest absolute Gasteiger partial charge is 0.242 e. The Kier molecular flexibility index (Phi) is 25.0. The summed E-state index contributed by atoms with van der Waals surface area (Å²) < 4.78 is 111. The molecule has 8 aromatic heterocycles. The van der Waals surface area contributed by atoms with Crippen molar-refractivity contribution in [3.8, 4) is 45.0 Å². The van der Waals surface area contributed by atoms with E-state index in [1.54, 1.807) is 116 Å². The lowest BCUT2D eigenvalue weighted by Gasteiger charge is -2.13. The Morgan fingerprint density at radius 1 is 0.368 bits per heavy atom. The molecular weight excluding hydrogens is 1800 g/mol. The van der Waals surface area contributed by atoms with Gasteiger partial charge in [0, 0.05) is 89.9 Å². The largest absolute Gasteiger partial charge is 0.395 e. The Bertz CT molecular complexity index is 6610. The average molecular weight is 1860 g/mol. The summed E-state index contributed by atoms with van der Waals surface area (Å²) in [5, 5.41) is 44.5. The van der Waals surface area contributed by atoms with Gasteiger partial charge in [-0.2, -0.15) is 38.5 Å². The number of nitrogens with one attached hydrogen (secondary N) is 6. The van der Waals surface area contributed by atoms with E-state index in [-0.39, 0.29) is 32.7 Å². The molecule has 0 radical (unpaired) electrons. The fourth-order valence-electron chi connectivity index (χ4n) is 11.2. The number of halogens is 4. The maximum atomic E-state index is 12.3. The van der Waals surface area contributed by atoms with Gasteiger partial charge in [0.05, 0.1) is 91.6 Å². The molecule has 8 aromatic carbocycles. The van der Waals surface area contributed by atoms with Crippen molar-refractivity contribution in [3.63, 3.8) is 0 Å². The highest BCUT2D eigenvalue weighted by Gasteiger charge is 2.21. The second kappa shape index (κ2) is 35.1. The van der Waals surface area contributed by atoms with Crippen LogP contribution < -0.4 is 35.9 Å². The lowest BCUT2D eigenvalue weighted by Crippen LogP contribution is -2.26. The van der Waals surface area contributed by atoms with Crippen LogP contribution in [0.4, 0.5) is 46.0 Å². The molecular formula is C77H66Br4N20O9S4. The van der Waals surface area contributed by atoms with Gasteiger partial charge >= 0.3 is 0 Å². The molecule has 0 fully saturated rings. The molecule has 29 nitrogen and oxygen atoms in total. The van der Waals surface area contributed by atoms with E-state index >= 15 is 0 Å². The molecule has 0 aliphatic rings. The van der Waals surface area contributed by atoms with Crippen molar-refractivity contribution in [1.29, 1.82) is 0 Å². The first-order valence-corrected chi connectivity index (χ1v) is 43.2. The van der Waals surface area contributed by atoms with Gasteiger partial charge < -0.3 is 26.4 Å². The fourth-order valence-corrected chi connectivity index (χ4v) is 15.7. The van der Waals surface area contributed by atoms with Crippen molar-refractivity contribution in [1.82, 2.24) is 72.1 Å². The molecule has 0 saturated heterocycles. The van der Waals surface area contributed by atoms with Crippen molar-refractivity contribution in [2.75, 3.05) is 55.6 Å². The van der Waals surface area contributed by atoms with Crippen LogP contribution in [0.1, 0.15) is 0 Å². The molecule has 0 atom stereocenters. The molecule has 114 heavy (non-hydrogen) atoms. The molecule has 9 N–H and O–H groups in total. The van der Waals surface area contributed by atoms with Crippen molar-refractivity contribution in [2.45, 2.75) is 19.6 Å². The number of aromatic nitrogens is 12. The monoisotopic (exact) mass is 1860 g/mol. The zero-order valence-corrected chi connectivity index (χ0v) is 69.7. The number of hydrogen-bond acceptors (Lipinski definition) is 21. The number of aliphatic hydroxyl groups excluding tert-OH is 1. The minimum Gasteiger partial charge on any atom is -0.395 e. The van der Waals surface area contributed by atoms with Crippen LogP contribution in [-0.2, 0) is 40.1 Å². The number of primary sulfonamides is 1. The van der Waals surface area contributed by atoms with Crippen LogP contribution in [0.3, 0.4) is 0 Å². The predicted molar refractivity (Wildman–Crippen MR) is 454 cm³/mol. The Morgan fingerprint density at radius 2 is 0.623 bits per heavy atom. The summed E-state index contributed by atoms with van der Waals surface area (Å²) in [6.07, 6.45) is 6.72. The van der Waals surface area contributed by atoms with Crippen LogP contribution in [0.25, 0.3) is 67.6 Å². The summed E-state index contributed by atoms with van der Waals surface area (Å²) in [4.78, 5) is 19.4. The number of anilines is 8. The van der Waals surface area contributed by atoms with E-state index in [2.05, 4.69) is 125 Å². The van der Waals surface area contributed by atoms with Gasteiger partial charge in [-0.05, 0) is 168 Å². The zero-order chi connectivity index (χ0) is 80.5. The topological polar surface area (TPSA) is 379 Å². The molecule has 37 heteroatoms. The van der Waals surface area contributed by atoms with Crippen molar-refractivity contribution in [3.05, 3.63) is 285 Å². The van der Waals surface area contributed by atoms with Gasteiger partial charge in [0.2, 0.25) is 40.1 Å². The van der Waals surface area contributed by atoms with Crippen LogP contribution in [0.15, 0.2) is 305 Å². The third-order valence-electron chi connectivity index (χ3n) is 16.9. The number of fused-ring (bicyclic) bond motifs is 4. The lowest BCUT2D eigenvalue weighted by molar-refractivity contribution is 0.301. The van der Waals surface area contributed by atoms with E-state index in [4.69, 9.17) is 20.2 Å². The number of sulfonamides is 4. The van der Waals surface area contributed by atoms with Crippen LogP contribution in [-0.4, -0.2) is 136 Å². The molecule has 0 bridgehead atoms. The third kappa shape index (κ3) is 18.9. The van der Waals surface area contributed by atoms with E-state index in [0.717, 1.165) is 74.3 Å². The second-order valence-electron chi connectivity index (χ2n) is 24.7. The summed E-state index contributed by atoms with van der Waals surface area (Å²) in [7, 11) is -9.92. The fraction of sp³-hybridized carbons (Fsp3) is 0.0649. The van der Waals surface area contributed by atoms with Crippen LogP contribution in [0.2, 0.25) is 0 Å². The lowest BCUT2D eigenvalue weighted by atomic mass is 10.1. The summed E-state index contributed by atoms with van der Waals surface area (Å²) in [5.41, 5.74) is 12.6. The molecule has 0 saturated carbocycles. The van der Waals surface area contributed by atoms with Crippen molar-refractivity contribution < 1.29 is 38.8 Å². The Hall–Kier alpha value is -11.0. The molecule has 0 aliphatic heterocycles. The molecule has 0 spiro atoms. The zero-order valence-electron chi connectivity index (χ0n) is 60.1. The first kappa shape index (κ1) is 81.0. The minimum absolute atomic E-state index is 0.0340. The summed E-state index contributed by atoms with van der Waals surface area (Å²) in [5.74, 6) is 2.79. The number of nitrogens with zero attached hydrogens (tertiary/aromatic N) is 13. The first-order valence-electron chi connectivity index (χ1n) is 34.1. The Morgan fingerprint density at radius 3 is 0.868 bits per heavy atom. The van der Waals surface area contributed by atoms with Gasteiger partial charge in [-0.25, -0.2) is 72.5 Å². The van der Waals surface area contributed by atoms with E-state index in [1.165, 1.54) is 49.7 Å². The van der Waals surface area contributed by atoms with Crippen molar-refractivity contribution >= 4 is 172 Å². The quantitative estimate of drug-likeness (QED) is 0.0331. The molecule has 0 amide bonds.